The highest BCUT2D eigenvalue weighted by molar-refractivity contribution is 7.86. The number of carbonyl (C=O) groups is 1. The highest BCUT2D eigenvalue weighted by Crippen LogP contribution is 2.48. The summed E-state index contributed by atoms with van der Waals surface area (Å²) in [6.07, 6.45) is 14.2. The van der Waals surface area contributed by atoms with Crippen LogP contribution in [-0.2, 0) is 49.0 Å². The van der Waals surface area contributed by atoms with E-state index in [9.17, 15) is 30.7 Å². The van der Waals surface area contributed by atoms with Crippen LogP contribution in [-0.4, -0.2) is 88.9 Å². The molecule has 3 heterocycles. The van der Waals surface area contributed by atoms with Crippen LogP contribution in [0.3, 0.4) is 0 Å². The van der Waals surface area contributed by atoms with E-state index in [1.165, 1.54) is 23.3 Å². The predicted molar refractivity (Wildman–Crippen MR) is 237 cm³/mol. The molecule has 16 nitrogen and oxygen atoms in total. The van der Waals surface area contributed by atoms with Gasteiger partial charge in [-0.25, -0.2) is 0 Å². The van der Waals surface area contributed by atoms with Gasteiger partial charge in [-0.1, -0.05) is 54.4 Å². The van der Waals surface area contributed by atoms with Crippen LogP contribution < -0.4 is 10.2 Å². The Balaban J connectivity index is 1.20. The Bertz CT molecular complexity index is 2430. The number of aryl methyl sites for hydroxylation is 2. The standard InChI is InChI=1S/C43H59N9O7S2/c1-32-18-20-38-36(28-32)42(2,3)40(16-11-17-41-43(4,5)37-29-35(61(57,58)59)19-21-39(37)52(41)26-13-27-60(54,55)56)51(38)25-9-6-7-14-34(53)15-8-10-24-50-31-33(47-49-50)30-45-22-12-23-46-48-44/h11,16-21,28-29,31,45H,6-10,12-15,22-27,30H2,1-5H3,(H-,54,55,56,57,58,59)/p+1. The molecule has 2 aliphatic heterocycles. The van der Waals surface area contributed by atoms with Gasteiger partial charge in [0.25, 0.3) is 20.2 Å². The number of benzene rings is 2. The summed E-state index contributed by atoms with van der Waals surface area (Å²) in [4.78, 5) is 17.7. The van der Waals surface area contributed by atoms with Crippen molar-refractivity contribution in [2.45, 2.75) is 121 Å². The number of hydrogen-bond donors (Lipinski definition) is 3. The third-order valence-corrected chi connectivity index (χ3v) is 13.2. The maximum atomic E-state index is 12.8. The molecule has 0 spiro atoms. The van der Waals surface area contributed by atoms with Gasteiger partial charge in [0, 0.05) is 91.1 Å². The molecule has 0 saturated heterocycles. The summed E-state index contributed by atoms with van der Waals surface area (Å²) in [6.45, 7) is 13.9. The van der Waals surface area contributed by atoms with Crippen LogP contribution in [0, 0.1) is 6.92 Å². The molecule has 2 aromatic carbocycles. The average molecular weight is 879 g/mol. The Kier molecular flexibility index (Phi) is 15.9. The van der Waals surface area contributed by atoms with E-state index in [0.29, 0.717) is 43.7 Å². The minimum absolute atomic E-state index is 0.141. The third-order valence-electron chi connectivity index (χ3n) is 11.5. The Labute approximate surface area is 360 Å². The molecule has 0 saturated carbocycles. The lowest BCUT2D eigenvalue weighted by Gasteiger charge is -2.27. The van der Waals surface area contributed by atoms with Gasteiger partial charge in [-0.3, -0.25) is 18.6 Å². The van der Waals surface area contributed by atoms with Gasteiger partial charge >= 0.3 is 0 Å². The highest BCUT2D eigenvalue weighted by Gasteiger charge is 2.45. The largest absolute Gasteiger partial charge is 0.344 e. The van der Waals surface area contributed by atoms with Crippen LogP contribution in [0.4, 0.5) is 11.4 Å². The lowest BCUT2D eigenvalue weighted by Crippen LogP contribution is -2.28. The van der Waals surface area contributed by atoms with Gasteiger partial charge in [0.1, 0.15) is 12.3 Å². The number of Topliss-reactive ketones (excluding diaryl/α,β-unsaturated/α-hetero) is 1. The molecule has 0 radical (unpaired) electrons. The maximum Gasteiger partial charge on any atom is 0.294 e. The second kappa shape index (κ2) is 20.4. The number of hydrogen-bond acceptors (Lipinski definition) is 10. The molecule has 0 atom stereocenters. The van der Waals surface area contributed by atoms with E-state index >= 15 is 0 Å². The number of rotatable bonds is 24. The summed E-state index contributed by atoms with van der Waals surface area (Å²) in [5.41, 5.74) is 15.0. The van der Waals surface area contributed by atoms with E-state index in [2.05, 4.69) is 75.6 Å². The molecule has 0 bridgehead atoms. The Morgan fingerprint density at radius 2 is 1.67 bits per heavy atom. The summed E-state index contributed by atoms with van der Waals surface area (Å²) in [5, 5.41) is 15.2. The lowest BCUT2D eigenvalue weighted by molar-refractivity contribution is -0.437. The fourth-order valence-electron chi connectivity index (χ4n) is 8.28. The SMILES string of the molecule is Cc1ccc2c(c1)C(C)(C)C(=CC=CC1=[N+](CCCS(=O)(=O)O)c3ccc(S(=O)(=O)O)cc3C1(C)C)N2CCCCCC(=O)CCCCn1cc(CNCCCN=[N+]=[N-])nn1. The zero-order valence-electron chi connectivity index (χ0n) is 35.9. The van der Waals surface area contributed by atoms with Gasteiger partial charge in [-0.05, 0) is 94.8 Å². The van der Waals surface area contributed by atoms with E-state index < -0.39 is 31.4 Å². The Morgan fingerprint density at radius 1 is 0.934 bits per heavy atom. The van der Waals surface area contributed by atoms with Crippen molar-refractivity contribution in [3.8, 4) is 0 Å². The molecule has 61 heavy (non-hydrogen) atoms. The topological polar surface area (TPSA) is 224 Å². The molecule has 0 aliphatic carbocycles. The number of fused-ring (bicyclic) bond motifs is 2. The van der Waals surface area contributed by atoms with Crippen LogP contribution >= 0.6 is 0 Å². The fourth-order valence-corrected chi connectivity index (χ4v) is 9.28. The molecule has 0 unspecified atom stereocenters. The first-order chi connectivity index (χ1) is 28.8. The predicted octanol–water partition coefficient (Wildman–Crippen LogP) is 7.52. The number of nitrogens with zero attached hydrogens (tertiary/aromatic N) is 8. The number of anilines is 1. The first-order valence-corrected chi connectivity index (χ1v) is 24.0. The van der Waals surface area contributed by atoms with E-state index in [4.69, 9.17) is 5.53 Å². The van der Waals surface area contributed by atoms with Gasteiger partial charge in [-0.15, -0.1) is 5.10 Å². The van der Waals surface area contributed by atoms with Crippen LogP contribution in [0.5, 0.6) is 0 Å². The monoisotopic (exact) mass is 878 g/mol. The Hall–Kier alpha value is -4.71. The van der Waals surface area contributed by atoms with Crippen LogP contribution in [0.25, 0.3) is 10.4 Å². The number of allylic oxidation sites excluding steroid dienone is 4. The minimum atomic E-state index is -4.46. The molecule has 330 valence electrons. The van der Waals surface area contributed by atoms with Crippen molar-refractivity contribution in [2.24, 2.45) is 5.11 Å². The molecular formula is C43H60N9O7S2+. The third kappa shape index (κ3) is 12.5. The summed E-state index contributed by atoms with van der Waals surface area (Å²) < 4.78 is 70.4. The summed E-state index contributed by atoms with van der Waals surface area (Å²) in [5.74, 6) is -0.150. The molecule has 3 N–H and O–H groups in total. The number of aromatic nitrogens is 3. The Morgan fingerprint density at radius 3 is 2.39 bits per heavy atom. The number of nitrogens with one attached hydrogen (secondary N) is 1. The molecule has 2 aliphatic rings. The van der Waals surface area contributed by atoms with Crippen molar-refractivity contribution in [3.05, 3.63) is 99.3 Å². The van der Waals surface area contributed by atoms with Crippen molar-refractivity contribution in [2.75, 3.05) is 36.8 Å². The average Bonchev–Trinajstić information content (AvgIpc) is 3.79. The number of azide groups is 1. The van der Waals surface area contributed by atoms with Crippen molar-refractivity contribution >= 4 is 43.1 Å². The zero-order valence-corrected chi connectivity index (χ0v) is 37.6. The van der Waals surface area contributed by atoms with Crippen molar-refractivity contribution in [3.63, 3.8) is 0 Å². The van der Waals surface area contributed by atoms with Crippen LogP contribution in [0.1, 0.15) is 108 Å². The molecule has 18 heteroatoms. The molecule has 0 amide bonds. The summed E-state index contributed by atoms with van der Waals surface area (Å²) in [7, 11) is -8.65. The summed E-state index contributed by atoms with van der Waals surface area (Å²) >= 11 is 0. The summed E-state index contributed by atoms with van der Waals surface area (Å²) in [6, 6.07) is 10.9. The molecular weight excluding hydrogens is 819 g/mol. The van der Waals surface area contributed by atoms with Gasteiger partial charge in [0.15, 0.2) is 5.71 Å². The first kappa shape index (κ1) is 47.3. The lowest BCUT2D eigenvalue weighted by atomic mass is 9.81. The van der Waals surface area contributed by atoms with Gasteiger partial charge in [0.2, 0.25) is 5.69 Å². The molecule has 0 fully saturated rings. The highest BCUT2D eigenvalue weighted by atomic mass is 32.2. The molecule has 5 rings (SSSR count). The maximum absolute atomic E-state index is 12.8. The quantitative estimate of drug-likeness (QED) is 0.0199. The van der Waals surface area contributed by atoms with Crippen LogP contribution in [0.15, 0.2) is 76.5 Å². The molecule has 1 aromatic heterocycles. The van der Waals surface area contributed by atoms with E-state index in [1.807, 2.05) is 41.5 Å². The number of unbranched alkanes of at least 4 members (excludes halogenated alkanes) is 3. The van der Waals surface area contributed by atoms with E-state index in [1.54, 1.807) is 6.07 Å². The fraction of sp³-hybridized carbons (Fsp3) is 0.535. The van der Waals surface area contributed by atoms with Crippen molar-refractivity contribution in [1.82, 2.24) is 20.3 Å². The zero-order chi connectivity index (χ0) is 44.4. The van der Waals surface area contributed by atoms with Gasteiger partial charge < -0.3 is 10.2 Å². The van der Waals surface area contributed by atoms with Crippen molar-refractivity contribution in [1.29, 1.82) is 0 Å². The number of carbonyl (C=O) groups excluding carboxylic acids is 1. The smallest absolute Gasteiger partial charge is 0.294 e. The van der Waals surface area contributed by atoms with Gasteiger partial charge in [0.05, 0.1) is 21.8 Å². The van der Waals surface area contributed by atoms with Gasteiger partial charge in [-0.2, -0.15) is 21.4 Å². The van der Waals surface area contributed by atoms with Crippen LogP contribution in [0.2, 0.25) is 0 Å². The minimum Gasteiger partial charge on any atom is -0.344 e. The van der Waals surface area contributed by atoms with E-state index in [0.717, 1.165) is 74.4 Å². The van der Waals surface area contributed by atoms with Crippen molar-refractivity contribution < 1.29 is 35.3 Å². The second-order valence-electron chi connectivity index (χ2n) is 16.9. The number of ketones is 1. The van der Waals surface area contributed by atoms with E-state index in [-0.39, 0.29) is 29.1 Å². The second-order valence-corrected chi connectivity index (χ2v) is 19.9. The molecule has 3 aromatic rings. The first-order valence-electron chi connectivity index (χ1n) is 20.9. The normalized spacial score (nSPS) is 16.4.